The Morgan fingerprint density at radius 3 is 2.52 bits per heavy atom. The van der Waals surface area contributed by atoms with Crippen LogP contribution in [0.5, 0.6) is 0 Å². The first kappa shape index (κ1) is 14.3. The highest BCUT2D eigenvalue weighted by Gasteiger charge is 2.22. The molecule has 0 unspecified atom stereocenters. The number of H-pyrrole nitrogens is 1. The van der Waals surface area contributed by atoms with E-state index in [1.807, 2.05) is 32.5 Å². The van der Waals surface area contributed by atoms with Gasteiger partial charge in [0, 0.05) is 12.7 Å². The first-order valence-electron chi connectivity index (χ1n) is 6.91. The normalized spacial score (nSPS) is 11.7. The molecule has 0 amide bonds. The minimum absolute atomic E-state index is 0.574. The van der Waals surface area contributed by atoms with Crippen molar-refractivity contribution < 1.29 is 0 Å². The SMILES string of the molecule is Cc1nn(C)c(C)c1-c1nnc2sc(-c3n[nH]c(C)c3Cl)nn12. The zero-order chi connectivity index (χ0) is 16.3. The van der Waals surface area contributed by atoms with Crippen molar-refractivity contribution in [2.75, 3.05) is 0 Å². The van der Waals surface area contributed by atoms with Crippen LogP contribution in [-0.2, 0) is 7.05 Å². The number of aryl methyl sites for hydroxylation is 3. The van der Waals surface area contributed by atoms with E-state index in [1.54, 1.807) is 4.52 Å². The highest BCUT2D eigenvalue weighted by atomic mass is 35.5. The number of fused-ring (bicyclic) bond motifs is 1. The highest BCUT2D eigenvalue weighted by Crippen LogP contribution is 2.33. The minimum Gasteiger partial charge on any atom is -0.281 e. The Hall–Kier alpha value is -2.26. The third-order valence-electron chi connectivity index (χ3n) is 3.80. The van der Waals surface area contributed by atoms with Gasteiger partial charge in [-0.1, -0.05) is 22.9 Å². The molecule has 0 atom stereocenters. The van der Waals surface area contributed by atoms with Gasteiger partial charge in [-0.2, -0.15) is 19.8 Å². The number of rotatable bonds is 2. The van der Waals surface area contributed by atoms with E-state index in [1.165, 1.54) is 11.3 Å². The molecule has 0 aliphatic rings. The lowest BCUT2D eigenvalue weighted by molar-refractivity contribution is 0.731. The third kappa shape index (κ3) is 2.00. The van der Waals surface area contributed by atoms with Gasteiger partial charge in [-0.15, -0.1) is 10.2 Å². The van der Waals surface area contributed by atoms with E-state index in [-0.39, 0.29) is 0 Å². The Morgan fingerprint density at radius 1 is 1.13 bits per heavy atom. The molecule has 8 nitrogen and oxygen atoms in total. The molecule has 0 fully saturated rings. The van der Waals surface area contributed by atoms with Crippen LogP contribution in [0.1, 0.15) is 17.1 Å². The number of aromatic nitrogens is 8. The van der Waals surface area contributed by atoms with Crippen LogP contribution in [0.15, 0.2) is 0 Å². The second-order valence-electron chi connectivity index (χ2n) is 5.31. The van der Waals surface area contributed by atoms with Gasteiger partial charge in [0.05, 0.1) is 22.0 Å². The van der Waals surface area contributed by atoms with Crippen LogP contribution in [0, 0.1) is 20.8 Å². The summed E-state index contributed by atoms with van der Waals surface area (Å²) in [4.78, 5) is 0.689. The number of aromatic amines is 1. The van der Waals surface area contributed by atoms with Gasteiger partial charge >= 0.3 is 0 Å². The molecule has 0 saturated carbocycles. The fraction of sp³-hybridized carbons (Fsp3) is 0.308. The summed E-state index contributed by atoms with van der Waals surface area (Å²) < 4.78 is 3.55. The summed E-state index contributed by atoms with van der Waals surface area (Å²) in [5, 5.41) is 25.9. The molecule has 0 bridgehead atoms. The molecule has 23 heavy (non-hydrogen) atoms. The number of hydrogen-bond donors (Lipinski definition) is 1. The van der Waals surface area contributed by atoms with Gasteiger partial charge in [-0.05, 0) is 20.8 Å². The topological polar surface area (TPSA) is 89.6 Å². The molecular weight excluding hydrogens is 336 g/mol. The predicted molar refractivity (Wildman–Crippen MR) is 87.7 cm³/mol. The maximum Gasteiger partial charge on any atom is 0.235 e. The van der Waals surface area contributed by atoms with Crippen LogP contribution in [0.2, 0.25) is 5.02 Å². The first-order valence-corrected chi connectivity index (χ1v) is 8.10. The quantitative estimate of drug-likeness (QED) is 0.601. The molecule has 118 valence electrons. The lowest BCUT2D eigenvalue weighted by Crippen LogP contribution is -1.95. The van der Waals surface area contributed by atoms with Crippen LogP contribution in [0.4, 0.5) is 0 Å². The van der Waals surface area contributed by atoms with E-state index < -0.39 is 0 Å². The molecule has 0 aromatic carbocycles. The van der Waals surface area contributed by atoms with E-state index in [0.29, 0.717) is 26.5 Å². The molecule has 0 spiro atoms. The summed E-state index contributed by atoms with van der Waals surface area (Å²) in [6.45, 7) is 5.81. The van der Waals surface area contributed by atoms with E-state index in [4.69, 9.17) is 11.6 Å². The van der Waals surface area contributed by atoms with Gasteiger partial charge in [0.2, 0.25) is 4.96 Å². The predicted octanol–water partition coefficient (Wildman–Crippen LogP) is 2.56. The van der Waals surface area contributed by atoms with E-state index in [2.05, 4.69) is 30.6 Å². The second-order valence-corrected chi connectivity index (χ2v) is 6.64. The van der Waals surface area contributed by atoms with Crippen LogP contribution in [0.25, 0.3) is 27.1 Å². The molecule has 4 aromatic heterocycles. The molecule has 4 rings (SSSR count). The molecule has 0 aliphatic heterocycles. The number of nitrogens with zero attached hydrogens (tertiary/aromatic N) is 7. The van der Waals surface area contributed by atoms with Crippen molar-refractivity contribution in [3.63, 3.8) is 0 Å². The zero-order valence-electron chi connectivity index (χ0n) is 12.9. The molecule has 4 aromatic rings. The Morgan fingerprint density at radius 2 is 1.91 bits per heavy atom. The Kier molecular flexibility index (Phi) is 3.03. The third-order valence-corrected chi connectivity index (χ3v) is 5.17. The lowest BCUT2D eigenvalue weighted by Gasteiger charge is -1.97. The lowest BCUT2D eigenvalue weighted by atomic mass is 10.2. The summed E-state index contributed by atoms with van der Waals surface area (Å²) in [7, 11) is 1.91. The van der Waals surface area contributed by atoms with E-state index in [9.17, 15) is 0 Å². The molecule has 10 heteroatoms. The first-order chi connectivity index (χ1) is 11.0. The molecule has 4 heterocycles. The monoisotopic (exact) mass is 348 g/mol. The van der Waals surface area contributed by atoms with Crippen LogP contribution in [0.3, 0.4) is 0 Å². The van der Waals surface area contributed by atoms with E-state index in [0.717, 1.165) is 22.6 Å². The summed E-state index contributed by atoms with van der Waals surface area (Å²) in [6.07, 6.45) is 0. The summed E-state index contributed by atoms with van der Waals surface area (Å²) in [5.74, 6) is 0.675. The van der Waals surface area contributed by atoms with Crippen molar-refractivity contribution in [2.45, 2.75) is 20.8 Å². The minimum atomic E-state index is 0.574. The van der Waals surface area contributed by atoms with Crippen molar-refractivity contribution in [2.24, 2.45) is 7.05 Å². The van der Waals surface area contributed by atoms with E-state index >= 15 is 0 Å². The molecular formula is C13H13ClN8S. The smallest absolute Gasteiger partial charge is 0.235 e. The Balaban J connectivity index is 1.92. The standard InChI is InChI=1S/C13H13ClN8S/c1-5-8(7(3)21(4)19-5)11-17-18-13-22(11)20-12(23-13)10-9(14)6(2)15-16-10/h1-4H3,(H,15,16). The van der Waals surface area contributed by atoms with Gasteiger partial charge in [-0.25, -0.2) is 0 Å². The van der Waals surface area contributed by atoms with Gasteiger partial charge in [-0.3, -0.25) is 9.78 Å². The van der Waals surface area contributed by atoms with Crippen molar-refractivity contribution in [3.8, 4) is 22.1 Å². The second kappa shape index (κ2) is 4.87. The largest absolute Gasteiger partial charge is 0.281 e. The molecule has 0 saturated heterocycles. The maximum atomic E-state index is 6.26. The summed E-state index contributed by atoms with van der Waals surface area (Å²) in [5.41, 5.74) is 4.29. The van der Waals surface area contributed by atoms with Gasteiger partial charge < -0.3 is 0 Å². The summed E-state index contributed by atoms with van der Waals surface area (Å²) >= 11 is 7.66. The van der Waals surface area contributed by atoms with Gasteiger partial charge in [0.25, 0.3) is 0 Å². The molecule has 1 N–H and O–H groups in total. The van der Waals surface area contributed by atoms with Crippen LogP contribution in [-0.4, -0.2) is 39.8 Å². The molecule has 0 radical (unpaired) electrons. The van der Waals surface area contributed by atoms with Gasteiger partial charge in [0.15, 0.2) is 10.8 Å². The van der Waals surface area contributed by atoms with Crippen molar-refractivity contribution in [1.82, 2.24) is 39.8 Å². The fourth-order valence-corrected chi connectivity index (χ4v) is 3.59. The fourth-order valence-electron chi connectivity index (χ4n) is 2.52. The van der Waals surface area contributed by atoms with Crippen molar-refractivity contribution in [3.05, 3.63) is 22.1 Å². The number of hydrogen-bond acceptors (Lipinski definition) is 6. The Labute approximate surface area is 140 Å². The van der Waals surface area contributed by atoms with Crippen LogP contribution < -0.4 is 0 Å². The van der Waals surface area contributed by atoms with Crippen LogP contribution >= 0.6 is 22.9 Å². The molecule has 0 aliphatic carbocycles. The van der Waals surface area contributed by atoms with Crippen molar-refractivity contribution in [1.29, 1.82) is 0 Å². The highest BCUT2D eigenvalue weighted by molar-refractivity contribution is 7.19. The Bertz CT molecular complexity index is 1040. The van der Waals surface area contributed by atoms with Gasteiger partial charge in [0.1, 0.15) is 5.69 Å². The van der Waals surface area contributed by atoms with Crippen molar-refractivity contribution >= 4 is 27.9 Å². The maximum absolute atomic E-state index is 6.26. The number of nitrogens with one attached hydrogen (secondary N) is 1. The number of halogens is 1. The average Bonchev–Trinajstić information content (AvgIpc) is 3.20. The average molecular weight is 349 g/mol. The zero-order valence-corrected chi connectivity index (χ0v) is 14.5. The summed E-state index contributed by atoms with van der Waals surface area (Å²) in [6, 6.07) is 0.